The van der Waals surface area contributed by atoms with Crippen molar-refractivity contribution in [1.82, 2.24) is 0 Å². The van der Waals surface area contributed by atoms with Crippen LogP contribution in [0.1, 0.15) is 33.9 Å². The van der Waals surface area contributed by atoms with Gasteiger partial charge in [-0.15, -0.1) is 0 Å². The van der Waals surface area contributed by atoms with Gasteiger partial charge in [0.15, 0.2) is 0 Å². The van der Waals surface area contributed by atoms with Gasteiger partial charge in [0.1, 0.15) is 6.10 Å². The molecule has 0 aliphatic rings. The van der Waals surface area contributed by atoms with Crippen LogP contribution in [0.25, 0.3) is 0 Å². The summed E-state index contributed by atoms with van der Waals surface area (Å²) in [5.41, 5.74) is 5.46. The topological polar surface area (TPSA) is 29.5 Å². The fourth-order valence-corrected chi connectivity index (χ4v) is 2.45. The quantitative estimate of drug-likeness (QED) is 0.900. The van der Waals surface area contributed by atoms with Crippen LogP contribution in [0.2, 0.25) is 0 Å². The Bertz CT molecular complexity index is 538. The third-order valence-electron chi connectivity index (χ3n) is 3.45. The number of hydrogen-bond acceptors (Lipinski definition) is 2. The van der Waals surface area contributed by atoms with Crippen molar-refractivity contribution in [2.75, 3.05) is 13.7 Å². The molecule has 2 aromatic carbocycles. The number of aliphatic hydroxyl groups excluding tert-OH is 1. The molecule has 2 nitrogen and oxygen atoms in total. The second-order valence-electron chi connectivity index (χ2n) is 5.31. The van der Waals surface area contributed by atoms with E-state index < -0.39 is 6.10 Å². The third-order valence-corrected chi connectivity index (χ3v) is 3.45. The predicted octanol–water partition coefficient (Wildman–Crippen LogP) is 3.57. The van der Waals surface area contributed by atoms with Crippen LogP contribution in [0.3, 0.4) is 0 Å². The van der Waals surface area contributed by atoms with Gasteiger partial charge in [0.25, 0.3) is 0 Å². The van der Waals surface area contributed by atoms with Crippen molar-refractivity contribution >= 4 is 0 Å². The Balaban J connectivity index is 2.17. The summed E-state index contributed by atoms with van der Waals surface area (Å²) in [6.45, 7) is 4.83. The molecule has 2 heteroatoms. The molecular weight excluding hydrogens is 248 g/mol. The number of methoxy groups -OCH3 is 1. The normalized spacial score (nSPS) is 12.4. The first-order valence-corrected chi connectivity index (χ1v) is 6.94. The molecule has 1 atom stereocenters. The molecule has 20 heavy (non-hydrogen) atoms. The molecule has 2 rings (SSSR count). The Morgan fingerprint density at radius 2 is 1.55 bits per heavy atom. The summed E-state index contributed by atoms with van der Waals surface area (Å²) >= 11 is 0. The minimum atomic E-state index is -0.565. The molecule has 0 spiro atoms. The molecule has 0 saturated carbocycles. The van der Waals surface area contributed by atoms with Crippen LogP contribution < -0.4 is 0 Å². The van der Waals surface area contributed by atoms with E-state index >= 15 is 0 Å². The van der Waals surface area contributed by atoms with Crippen LogP contribution >= 0.6 is 0 Å². The minimum absolute atomic E-state index is 0.565. The van der Waals surface area contributed by atoms with Gasteiger partial charge in [0, 0.05) is 7.11 Å². The summed E-state index contributed by atoms with van der Waals surface area (Å²) in [6.07, 6.45) is 0.334. The number of hydrogen-bond donors (Lipinski definition) is 1. The molecule has 0 saturated heterocycles. The van der Waals surface area contributed by atoms with Gasteiger partial charge in [0.05, 0.1) is 6.61 Å². The summed E-state index contributed by atoms with van der Waals surface area (Å²) in [4.78, 5) is 0. The number of rotatable bonds is 5. The highest BCUT2D eigenvalue weighted by atomic mass is 16.5. The molecule has 0 heterocycles. The van der Waals surface area contributed by atoms with E-state index in [1.165, 1.54) is 16.7 Å². The zero-order valence-corrected chi connectivity index (χ0v) is 12.4. The smallest absolute Gasteiger partial charge is 0.104 e. The molecule has 0 fully saturated rings. The average Bonchev–Trinajstić information content (AvgIpc) is 2.44. The van der Waals surface area contributed by atoms with E-state index in [4.69, 9.17) is 4.74 Å². The zero-order valence-electron chi connectivity index (χ0n) is 12.4. The lowest BCUT2D eigenvalue weighted by Crippen LogP contribution is -2.01. The molecule has 106 valence electrons. The van der Waals surface area contributed by atoms with Crippen molar-refractivity contribution in [3.63, 3.8) is 0 Å². The molecule has 2 aromatic rings. The first-order chi connectivity index (χ1) is 9.60. The summed E-state index contributed by atoms with van der Waals surface area (Å²) in [6, 6.07) is 14.3. The van der Waals surface area contributed by atoms with Crippen LogP contribution in [0, 0.1) is 13.8 Å². The van der Waals surface area contributed by atoms with Crippen molar-refractivity contribution in [3.05, 3.63) is 70.3 Å². The number of ether oxygens (including phenoxy) is 1. The van der Waals surface area contributed by atoms with Gasteiger partial charge in [-0.3, -0.25) is 0 Å². The second-order valence-corrected chi connectivity index (χ2v) is 5.31. The van der Waals surface area contributed by atoms with Crippen molar-refractivity contribution in [1.29, 1.82) is 0 Å². The lowest BCUT2D eigenvalue weighted by Gasteiger charge is -2.14. The van der Waals surface area contributed by atoms with Crippen molar-refractivity contribution in [2.24, 2.45) is 0 Å². The van der Waals surface area contributed by atoms with E-state index in [1.807, 2.05) is 24.3 Å². The first kappa shape index (κ1) is 14.8. The predicted molar refractivity (Wildman–Crippen MR) is 82.0 cm³/mol. The van der Waals surface area contributed by atoms with E-state index in [0.717, 1.165) is 24.2 Å². The molecular formula is C18H22O2. The molecule has 0 aliphatic heterocycles. The number of aryl methyl sites for hydroxylation is 2. The maximum atomic E-state index is 10.5. The van der Waals surface area contributed by atoms with Gasteiger partial charge >= 0.3 is 0 Å². The lowest BCUT2D eigenvalue weighted by molar-refractivity contribution is 0.202. The van der Waals surface area contributed by atoms with Gasteiger partial charge < -0.3 is 9.84 Å². The number of aliphatic hydroxyl groups is 1. The largest absolute Gasteiger partial charge is 0.384 e. The monoisotopic (exact) mass is 270 g/mol. The van der Waals surface area contributed by atoms with Gasteiger partial charge in [0.2, 0.25) is 0 Å². The molecule has 1 N–H and O–H groups in total. The molecule has 0 bridgehead atoms. The van der Waals surface area contributed by atoms with E-state index in [0.29, 0.717) is 0 Å². The maximum absolute atomic E-state index is 10.5. The molecule has 0 radical (unpaired) electrons. The summed E-state index contributed by atoms with van der Waals surface area (Å²) in [5, 5.41) is 10.5. The Morgan fingerprint density at radius 1 is 0.950 bits per heavy atom. The summed E-state index contributed by atoms with van der Waals surface area (Å²) in [5.74, 6) is 0. The number of benzene rings is 2. The minimum Gasteiger partial charge on any atom is -0.384 e. The first-order valence-electron chi connectivity index (χ1n) is 6.94. The van der Waals surface area contributed by atoms with Crippen LogP contribution in [0.5, 0.6) is 0 Å². The van der Waals surface area contributed by atoms with E-state index in [9.17, 15) is 5.11 Å². The van der Waals surface area contributed by atoms with Crippen LogP contribution in [-0.4, -0.2) is 18.8 Å². The van der Waals surface area contributed by atoms with E-state index in [2.05, 4.69) is 32.0 Å². The zero-order chi connectivity index (χ0) is 14.5. The van der Waals surface area contributed by atoms with Gasteiger partial charge in [-0.05, 0) is 37.0 Å². The third kappa shape index (κ3) is 3.69. The highest BCUT2D eigenvalue weighted by Gasteiger charge is 2.11. The van der Waals surface area contributed by atoms with E-state index in [1.54, 1.807) is 7.11 Å². The lowest BCUT2D eigenvalue weighted by atomic mass is 9.97. The van der Waals surface area contributed by atoms with Gasteiger partial charge in [-0.1, -0.05) is 53.6 Å². The molecule has 0 aliphatic carbocycles. The maximum Gasteiger partial charge on any atom is 0.104 e. The highest BCUT2D eigenvalue weighted by molar-refractivity contribution is 5.36. The SMILES string of the molecule is COCCc1ccc(C(O)c2cc(C)cc(C)c2)cc1. The fraction of sp³-hybridized carbons (Fsp3) is 0.333. The van der Waals surface area contributed by atoms with Crippen molar-refractivity contribution < 1.29 is 9.84 Å². The molecule has 0 amide bonds. The van der Waals surface area contributed by atoms with Crippen LogP contribution in [-0.2, 0) is 11.2 Å². The Labute approximate surface area is 121 Å². The fourth-order valence-electron chi connectivity index (χ4n) is 2.45. The van der Waals surface area contributed by atoms with Crippen LogP contribution in [0.4, 0.5) is 0 Å². The summed E-state index contributed by atoms with van der Waals surface area (Å²) in [7, 11) is 1.71. The molecule has 0 aromatic heterocycles. The van der Waals surface area contributed by atoms with Crippen LogP contribution in [0.15, 0.2) is 42.5 Å². The van der Waals surface area contributed by atoms with Gasteiger partial charge in [-0.25, -0.2) is 0 Å². The van der Waals surface area contributed by atoms with Gasteiger partial charge in [-0.2, -0.15) is 0 Å². The Morgan fingerprint density at radius 3 is 2.10 bits per heavy atom. The molecule has 1 unspecified atom stereocenters. The van der Waals surface area contributed by atoms with Crippen molar-refractivity contribution in [3.8, 4) is 0 Å². The van der Waals surface area contributed by atoms with E-state index in [-0.39, 0.29) is 0 Å². The average molecular weight is 270 g/mol. The standard InChI is InChI=1S/C18H22O2/c1-13-10-14(2)12-17(11-13)18(19)16-6-4-15(5-7-16)8-9-20-3/h4-7,10-12,18-19H,8-9H2,1-3H3. The summed E-state index contributed by atoms with van der Waals surface area (Å²) < 4.78 is 5.07. The second kappa shape index (κ2) is 6.69. The van der Waals surface area contributed by atoms with Crippen molar-refractivity contribution in [2.45, 2.75) is 26.4 Å². The Hall–Kier alpha value is -1.64. The Kier molecular flexibility index (Phi) is 4.94. The highest BCUT2D eigenvalue weighted by Crippen LogP contribution is 2.24.